The Kier molecular flexibility index (Phi) is 6.13. The molecule has 5 nitrogen and oxygen atoms in total. The molecule has 3 aromatic carbocycles. The van der Waals surface area contributed by atoms with Gasteiger partial charge in [0, 0.05) is 27.8 Å². The van der Waals surface area contributed by atoms with Gasteiger partial charge in [-0.2, -0.15) is 13.2 Å². The van der Waals surface area contributed by atoms with Crippen LogP contribution in [-0.2, 0) is 27.4 Å². The standard InChI is InChI=1S/C23H15ClF4N2O3S/c24-14-5-8-16(9-6-14)34(32,33)21-12-30(20-4-2-1-3-17(20)21)13-22(31)29-15-7-10-19(25)18(11-15)23(26,27)28/h1-12H,13H2,(H,29,31). The predicted octanol–water partition coefficient (Wildman–Crippen LogP) is 5.92. The van der Waals surface area contributed by atoms with Crippen molar-refractivity contribution in [2.45, 2.75) is 22.5 Å². The number of benzene rings is 3. The third-order valence-electron chi connectivity index (χ3n) is 5.03. The molecule has 0 aliphatic rings. The summed E-state index contributed by atoms with van der Waals surface area (Å²) in [5.41, 5.74) is -1.32. The molecule has 1 amide bonds. The maximum Gasteiger partial charge on any atom is 0.419 e. The minimum Gasteiger partial charge on any atom is -0.337 e. The topological polar surface area (TPSA) is 68.2 Å². The van der Waals surface area contributed by atoms with Gasteiger partial charge >= 0.3 is 6.18 Å². The Morgan fingerprint density at radius 2 is 1.68 bits per heavy atom. The first-order valence-corrected chi connectivity index (χ1v) is 11.6. The van der Waals surface area contributed by atoms with E-state index in [1.54, 1.807) is 24.3 Å². The monoisotopic (exact) mass is 510 g/mol. The van der Waals surface area contributed by atoms with Crippen molar-refractivity contribution >= 4 is 43.9 Å². The van der Waals surface area contributed by atoms with E-state index in [0.29, 0.717) is 28.1 Å². The van der Waals surface area contributed by atoms with Crippen molar-refractivity contribution < 1.29 is 30.8 Å². The van der Waals surface area contributed by atoms with Gasteiger partial charge in [0.25, 0.3) is 0 Å². The summed E-state index contributed by atoms with van der Waals surface area (Å²) in [4.78, 5) is 12.5. The largest absolute Gasteiger partial charge is 0.419 e. The summed E-state index contributed by atoms with van der Waals surface area (Å²) in [7, 11) is -3.96. The number of nitrogens with zero attached hydrogens (tertiary/aromatic N) is 1. The zero-order valence-corrected chi connectivity index (χ0v) is 18.7. The van der Waals surface area contributed by atoms with Crippen molar-refractivity contribution in [3.8, 4) is 0 Å². The summed E-state index contributed by atoms with van der Waals surface area (Å²) in [5, 5.41) is 3.03. The van der Waals surface area contributed by atoms with Crippen LogP contribution in [0.5, 0.6) is 0 Å². The van der Waals surface area contributed by atoms with Crippen LogP contribution in [-0.4, -0.2) is 18.9 Å². The molecule has 0 bridgehead atoms. The molecule has 11 heteroatoms. The number of halogens is 5. The Morgan fingerprint density at radius 3 is 2.35 bits per heavy atom. The van der Waals surface area contributed by atoms with Crippen LogP contribution in [0.2, 0.25) is 5.02 Å². The van der Waals surface area contributed by atoms with Crippen molar-refractivity contribution in [2.24, 2.45) is 0 Å². The molecule has 0 spiro atoms. The molecule has 0 aliphatic heterocycles. The smallest absolute Gasteiger partial charge is 0.337 e. The first kappa shape index (κ1) is 23.8. The average Bonchev–Trinajstić information content (AvgIpc) is 3.14. The molecule has 1 aromatic heterocycles. The number of fused-ring (bicyclic) bond motifs is 1. The number of carbonyl (C=O) groups excluding carboxylic acids is 1. The Hall–Kier alpha value is -3.37. The lowest BCUT2D eigenvalue weighted by atomic mass is 10.2. The highest BCUT2D eigenvalue weighted by Crippen LogP contribution is 2.33. The molecule has 4 rings (SSSR count). The Balaban J connectivity index is 1.66. The number of carbonyl (C=O) groups is 1. The quantitative estimate of drug-likeness (QED) is 0.339. The maximum absolute atomic E-state index is 13.5. The van der Waals surface area contributed by atoms with Crippen molar-refractivity contribution in [1.29, 1.82) is 0 Å². The van der Waals surface area contributed by atoms with Gasteiger partial charge < -0.3 is 9.88 Å². The average molecular weight is 511 g/mol. The van der Waals surface area contributed by atoms with Crippen LogP contribution in [0.4, 0.5) is 23.2 Å². The van der Waals surface area contributed by atoms with Gasteiger partial charge in [0.2, 0.25) is 15.7 Å². The molecule has 0 saturated heterocycles. The number of alkyl halides is 3. The normalized spacial score (nSPS) is 12.1. The van der Waals surface area contributed by atoms with E-state index in [4.69, 9.17) is 11.6 Å². The fraction of sp³-hybridized carbons (Fsp3) is 0.0870. The van der Waals surface area contributed by atoms with Gasteiger partial charge in [0.15, 0.2) is 0 Å². The molecule has 34 heavy (non-hydrogen) atoms. The van der Waals surface area contributed by atoms with Gasteiger partial charge in [-0.15, -0.1) is 0 Å². The third-order valence-corrected chi connectivity index (χ3v) is 7.08. The second-order valence-corrected chi connectivity index (χ2v) is 9.69. The van der Waals surface area contributed by atoms with Gasteiger partial charge in [-0.1, -0.05) is 29.8 Å². The van der Waals surface area contributed by atoms with Crippen LogP contribution < -0.4 is 5.32 Å². The van der Waals surface area contributed by atoms with Crippen LogP contribution in [0.3, 0.4) is 0 Å². The second-order valence-electron chi connectivity index (χ2n) is 7.34. The number of amides is 1. The lowest BCUT2D eigenvalue weighted by Gasteiger charge is -2.11. The molecule has 1 heterocycles. The number of aromatic nitrogens is 1. The van der Waals surface area contributed by atoms with E-state index >= 15 is 0 Å². The molecule has 4 aromatic rings. The number of nitrogens with one attached hydrogen (secondary N) is 1. The van der Waals surface area contributed by atoms with Crippen LogP contribution in [0, 0.1) is 5.82 Å². The van der Waals surface area contributed by atoms with Crippen LogP contribution >= 0.6 is 11.6 Å². The first-order chi connectivity index (χ1) is 16.0. The second kappa shape index (κ2) is 8.77. The summed E-state index contributed by atoms with van der Waals surface area (Å²) in [6, 6.07) is 14.2. The van der Waals surface area contributed by atoms with E-state index < -0.39 is 39.8 Å². The molecular weight excluding hydrogens is 496 g/mol. The van der Waals surface area contributed by atoms with Crippen LogP contribution in [0.15, 0.2) is 82.7 Å². The van der Waals surface area contributed by atoms with Crippen LogP contribution in [0.1, 0.15) is 5.56 Å². The van der Waals surface area contributed by atoms with E-state index in [1.165, 1.54) is 35.0 Å². The van der Waals surface area contributed by atoms with Gasteiger partial charge in [0.05, 0.1) is 15.4 Å². The fourth-order valence-corrected chi connectivity index (χ4v) is 5.08. The molecule has 176 valence electrons. The van der Waals surface area contributed by atoms with Gasteiger partial charge in [0.1, 0.15) is 12.4 Å². The highest BCUT2D eigenvalue weighted by Gasteiger charge is 2.34. The summed E-state index contributed by atoms with van der Waals surface area (Å²) in [6.07, 6.45) is -3.63. The van der Waals surface area contributed by atoms with Gasteiger partial charge in [-0.05, 0) is 48.5 Å². The molecule has 0 atom stereocenters. The summed E-state index contributed by atoms with van der Waals surface area (Å²) in [6.45, 7) is -0.393. The zero-order valence-electron chi connectivity index (χ0n) is 17.1. The zero-order chi connectivity index (χ0) is 24.7. The molecule has 0 saturated carbocycles. The summed E-state index contributed by atoms with van der Waals surface area (Å²) in [5.74, 6) is -2.19. The van der Waals surface area contributed by atoms with Gasteiger partial charge in [-0.3, -0.25) is 4.79 Å². The minimum atomic E-state index is -4.92. The first-order valence-electron chi connectivity index (χ1n) is 9.72. The van der Waals surface area contributed by atoms with Gasteiger partial charge in [-0.25, -0.2) is 12.8 Å². The number of hydrogen-bond donors (Lipinski definition) is 1. The molecule has 0 aliphatic carbocycles. The van der Waals surface area contributed by atoms with E-state index in [9.17, 15) is 30.8 Å². The number of hydrogen-bond acceptors (Lipinski definition) is 3. The fourth-order valence-electron chi connectivity index (χ4n) is 3.47. The van der Waals surface area contributed by atoms with Crippen molar-refractivity contribution in [3.63, 3.8) is 0 Å². The lowest BCUT2D eigenvalue weighted by Crippen LogP contribution is -2.19. The number of sulfone groups is 1. The molecule has 1 N–H and O–H groups in total. The minimum absolute atomic E-state index is 0.00949. The number of rotatable bonds is 5. The molecular formula is C23H15ClF4N2O3S. The summed E-state index contributed by atoms with van der Waals surface area (Å²) >= 11 is 5.85. The van der Waals surface area contributed by atoms with Crippen molar-refractivity contribution in [1.82, 2.24) is 4.57 Å². The van der Waals surface area contributed by atoms with E-state index in [2.05, 4.69) is 5.32 Å². The number of para-hydroxylation sites is 1. The Morgan fingerprint density at radius 1 is 1.00 bits per heavy atom. The van der Waals surface area contributed by atoms with Crippen molar-refractivity contribution in [3.05, 3.63) is 89.3 Å². The molecule has 0 unspecified atom stereocenters. The highest BCUT2D eigenvalue weighted by atomic mass is 35.5. The SMILES string of the molecule is O=C(Cn1cc(S(=O)(=O)c2ccc(Cl)cc2)c2ccccc21)Nc1ccc(F)c(C(F)(F)F)c1. The predicted molar refractivity (Wildman–Crippen MR) is 119 cm³/mol. The van der Waals surface area contributed by atoms with Crippen LogP contribution in [0.25, 0.3) is 10.9 Å². The lowest BCUT2D eigenvalue weighted by molar-refractivity contribution is -0.140. The van der Waals surface area contributed by atoms with E-state index in [1.807, 2.05) is 0 Å². The molecule has 0 fully saturated rings. The van der Waals surface area contributed by atoms with Crippen molar-refractivity contribution in [2.75, 3.05) is 5.32 Å². The molecule has 0 radical (unpaired) electrons. The Labute approximate surface area is 196 Å². The number of anilines is 1. The highest BCUT2D eigenvalue weighted by molar-refractivity contribution is 7.91. The summed E-state index contributed by atoms with van der Waals surface area (Å²) < 4.78 is 80.1. The van der Waals surface area contributed by atoms with E-state index in [-0.39, 0.29) is 15.5 Å². The maximum atomic E-state index is 13.5. The van der Waals surface area contributed by atoms with E-state index in [0.717, 1.165) is 6.07 Å². The third kappa shape index (κ3) is 4.64. The Bertz CT molecular complexity index is 1500.